The van der Waals surface area contributed by atoms with E-state index >= 15 is 0 Å². The van der Waals surface area contributed by atoms with Gasteiger partial charge in [0.1, 0.15) is 0 Å². The molecule has 0 radical (unpaired) electrons. The number of hydrogen-bond acceptors (Lipinski definition) is 2. The summed E-state index contributed by atoms with van der Waals surface area (Å²) in [5.41, 5.74) is 8.99. The van der Waals surface area contributed by atoms with Crippen molar-refractivity contribution in [3.8, 4) is 0 Å². The van der Waals surface area contributed by atoms with Crippen LogP contribution in [0.1, 0.15) is 70.4 Å². The van der Waals surface area contributed by atoms with Crippen molar-refractivity contribution in [3.63, 3.8) is 0 Å². The molecule has 0 spiro atoms. The lowest BCUT2D eigenvalue weighted by Gasteiger charge is -2.52. The van der Waals surface area contributed by atoms with Crippen LogP contribution in [0.5, 0.6) is 0 Å². The van der Waals surface area contributed by atoms with Crippen molar-refractivity contribution < 1.29 is 0 Å². The van der Waals surface area contributed by atoms with Gasteiger partial charge in [0.25, 0.3) is 0 Å². The standard InChI is InChI=1S/C33H46N2P2/c1-32(2,3)31-29(24-16-8-5-9-17-24)28(23-14-6-4-7-15-23)25(22-36)30(31)33(37,26-18-10-12-20-34-26)27-19-11-13-21-35-27/h4-9,14-17,26-27,31,34-35H,10-13,18-22,36-37H2,1-3H3. The van der Waals surface area contributed by atoms with Crippen LogP contribution in [0.3, 0.4) is 0 Å². The van der Waals surface area contributed by atoms with Gasteiger partial charge in [0.05, 0.1) is 0 Å². The molecule has 0 amide bonds. The minimum atomic E-state index is -0.0404. The Kier molecular flexibility index (Phi) is 8.43. The summed E-state index contributed by atoms with van der Waals surface area (Å²) in [7, 11) is 6.64. The molecule has 4 heteroatoms. The molecule has 0 aromatic heterocycles. The lowest BCUT2D eigenvalue weighted by molar-refractivity contribution is 0.233. The fourth-order valence-electron chi connectivity index (χ4n) is 7.35. The first-order valence-electron chi connectivity index (χ1n) is 14.4. The second-order valence-corrected chi connectivity index (χ2v) is 13.7. The zero-order valence-electron chi connectivity index (χ0n) is 23.0. The van der Waals surface area contributed by atoms with Crippen molar-refractivity contribution in [1.82, 2.24) is 10.6 Å². The Hall–Kier alpha value is -1.30. The monoisotopic (exact) mass is 532 g/mol. The molecule has 2 heterocycles. The second kappa shape index (κ2) is 11.4. The number of allylic oxidation sites excluding steroid dienone is 3. The number of hydrogen-bond donors (Lipinski definition) is 2. The van der Waals surface area contributed by atoms with Crippen LogP contribution in [0.4, 0.5) is 0 Å². The van der Waals surface area contributed by atoms with Crippen LogP contribution in [0.15, 0.2) is 71.8 Å². The quantitative estimate of drug-likeness (QED) is 0.380. The van der Waals surface area contributed by atoms with Crippen LogP contribution < -0.4 is 10.6 Å². The summed E-state index contributed by atoms with van der Waals surface area (Å²) in [6.45, 7) is 9.64. The summed E-state index contributed by atoms with van der Waals surface area (Å²) < 4.78 is 0. The number of piperidine rings is 2. The van der Waals surface area contributed by atoms with Gasteiger partial charge in [-0.15, -0.1) is 18.5 Å². The molecule has 0 saturated carbocycles. The van der Waals surface area contributed by atoms with Crippen LogP contribution in [-0.4, -0.2) is 36.5 Å². The maximum atomic E-state index is 4.04. The van der Waals surface area contributed by atoms with E-state index in [1.807, 2.05) is 0 Å². The largest absolute Gasteiger partial charge is 0.313 e. The zero-order valence-corrected chi connectivity index (χ0v) is 25.3. The van der Waals surface area contributed by atoms with Crippen molar-refractivity contribution in [1.29, 1.82) is 0 Å². The summed E-state index contributed by atoms with van der Waals surface area (Å²) in [5, 5.41) is 8.04. The van der Waals surface area contributed by atoms with E-state index in [-0.39, 0.29) is 10.6 Å². The molecule has 2 aliphatic heterocycles. The molecule has 1 aliphatic carbocycles. The summed E-state index contributed by atoms with van der Waals surface area (Å²) in [6, 6.07) is 23.4. The Labute approximate surface area is 230 Å². The molecule has 2 nitrogen and oxygen atoms in total. The lowest BCUT2D eigenvalue weighted by atomic mass is 9.64. The third-order valence-corrected chi connectivity index (χ3v) is 10.5. The Morgan fingerprint density at radius 3 is 1.70 bits per heavy atom. The Balaban J connectivity index is 1.81. The predicted molar refractivity (Wildman–Crippen MR) is 168 cm³/mol. The Bertz CT molecular complexity index is 1100. The minimum absolute atomic E-state index is 0.0404. The maximum Gasteiger partial charge on any atom is 0.0373 e. The molecule has 2 fully saturated rings. The third kappa shape index (κ3) is 5.17. The van der Waals surface area contributed by atoms with Gasteiger partial charge in [-0.05, 0) is 83.8 Å². The average molecular weight is 533 g/mol. The van der Waals surface area contributed by atoms with E-state index < -0.39 is 0 Å². The summed E-state index contributed by atoms with van der Waals surface area (Å²) in [6.07, 6.45) is 8.66. The topological polar surface area (TPSA) is 24.1 Å². The number of rotatable bonds is 6. The van der Waals surface area contributed by atoms with Crippen LogP contribution >= 0.6 is 18.5 Å². The highest BCUT2D eigenvalue weighted by molar-refractivity contribution is 7.20. The molecule has 2 aromatic carbocycles. The van der Waals surface area contributed by atoms with Gasteiger partial charge in [-0.1, -0.05) is 94.3 Å². The molecule has 2 aromatic rings. The maximum absolute atomic E-state index is 4.04. The van der Waals surface area contributed by atoms with E-state index in [4.69, 9.17) is 0 Å². The summed E-state index contributed by atoms with van der Waals surface area (Å²) in [5.74, 6) is 0.339. The van der Waals surface area contributed by atoms with Crippen molar-refractivity contribution in [3.05, 3.63) is 82.9 Å². The van der Waals surface area contributed by atoms with E-state index in [1.165, 1.54) is 60.8 Å². The molecule has 2 saturated heterocycles. The first-order valence-corrected chi connectivity index (χ1v) is 15.8. The molecule has 198 valence electrons. The van der Waals surface area contributed by atoms with Crippen LogP contribution in [-0.2, 0) is 0 Å². The highest BCUT2D eigenvalue weighted by Crippen LogP contribution is 2.60. The van der Waals surface area contributed by atoms with Gasteiger partial charge in [0.2, 0.25) is 0 Å². The van der Waals surface area contributed by atoms with Gasteiger partial charge in [-0.2, -0.15) is 0 Å². The third-order valence-electron chi connectivity index (χ3n) is 8.93. The number of nitrogens with one attached hydrogen (secondary N) is 2. The molecule has 37 heavy (non-hydrogen) atoms. The van der Waals surface area contributed by atoms with Gasteiger partial charge in [0.15, 0.2) is 0 Å². The first kappa shape index (κ1) is 27.3. The second-order valence-electron chi connectivity index (χ2n) is 12.4. The van der Waals surface area contributed by atoms with Crippen LogP contribution in [0, 0.1) is 11.3 Å². The minimum Gasteiger partial charge on any atom is -0.313 e. The van der Waals surface area contributed by atoms with Gasteiger partial charge in [0, 0.05) is 23.2 Å². The Morgan fingerprint density at radius 2 is 1.27 bits per heavy atom. The lowest BCUT2D eigenvalue weighted by Crippen LogP contribution is -2.62. The van der Waals surface area contributed by atoms with Gasteiger partial charge < -0.3 is 10.6 Å². The highest BCUT2D eigenvalue weighted by atomic mass is 31.0. The van der Waals surface area contributed by atoms with Crippen molar-refractivity contribution in [2.45, 2.75) is 76.5 Å². The summed E-state index contributed by atoms with van der Waals surface area (Å²) in [4.78, 5) is 0. The summed E-state index contributed by atoms with van der Waals surface area (Å²) >= 11 is 0. The van der Waals surface area contributed by atoms with Crippen LogP contribution in [0.25, 0.3) is 11.1 Å². The van der Waals surface area contributed by atoms with Crippen molar-refractivity contribution >= 4 is 29.6 Å². The highest BCUT2D eigenvalue weighted by Gasteiger charge is 2.53. The average Bonchev–Trinajstić information content (AvgIpc) is 3.31. The van der Waals surface area contributed by atoms with Crippen molar-refractivity contribution in [2.24, 2.45) is 11.3 Å². The van der Waals surface area contributed by atoms with E-state index in [1.54, 1.807) is 11.1 Å². The van der Waals surface area contributed by atoms with Gasteiger partial charge in [-0.25, -0.2) is 0 Å². The predicted octanol–water partition coefficient (Wildman–Crippen LogP) is 7.34. The van der Waals surface area contributed by atoms with E-state index in [2.05, 4.69) is 111 Å². The Morgan fingerprint density at radius 1 is 0.757 bits per heavy atom. The smallest absolute Gasteiger partial charge is 0.0373 e. The molecule has 5 atom stereocenters. The molecule has 0 bridgehead atoms. The molecule has 2 N–H and O–H groups in total. The fourth-order valence-corrected chi connectivity index (χ4v) is 8.68. The van der Waals surface area contributed by atoms with E-state index in [0.29, 0.717) is 18.0 Å². The first-order chi connectivity index (χ1) is 17.9. The fraction of sp³-hybridized carbons (Fsp3) is 0.515. The molecule has 5 unspecified atom stereocenters. The molecular weight excluding hydrogens is 486 g/mol. The van der Waals surface area contributed by atoms with E-state index in [9.17, 15) is 0 Å². The van der Waals surface area contributed by atoms with Gasteiger partial charge in [-0.3, -0.25) is 0 Å². The zero-order chi connectivity index (χ0) is 26.0. The van der Waals surface area contributed by atoms with Crippen LogP contribution in [0.2, 0.25) is 0 Å². The van der Waals surface area contributed by atoms with E-state index in [0.717, 1.165) is 19.3 Å². The molecule has 5 rings (SSSR count). The van der Waals surface area contributed by atoms with Gasteiger partial charge >= 0.3 is 0 Å². The molecular formula is C33H46N2P2. The van der Waals surface area contributed by atoms with Crippen molar-refractivity contribution in [2.75, 3.05) is 19.3 Å². The number of benzene rings is 2. The normalized spacial score (nSPS) is 26.9. The SMILES string of the molecule is CC(C)(C)C1C(c2ccccc2)=C(c2ccccc2)C(CP)=C1C(P)(C1CCCCN1)C1CCCCN1. The molecule has 3 aliphatic rings.